The van der Waals surface area contributed by atoms with Gasteiger partial charge in [0.2, 0.25) is 0 Å². The standard InChI is InChI=1S/C12H21N3OS/c1-4-11-7-16-9(2)6-15(11)12-14-10(5-13-3)8-17-12/h8-9,11,13H,4-7H2,1-3H3. The largest absolute Gasteiger partial charge is 0.375 e. The highest BCUT2D eigenvalue weighted by atomic mass is 32.1. The van der Waals surface area contributed by atoms with Gasteiger partial charge in [0, 0.05) is 18.5 Å². The molecule has 0 aliphatic carbocycles. The fourth-order valence-electron chi connectivity index (χ4n) is 2.11. The number of rotatable bonds is 4. The Morgan fingerprint density at radius 1 is 1.65 bits per heavy atom. The summed E-state index contributed by atoms with van der Waals surface area (Å²) in [7, 11) is 1.95. The van der Waals surface area contributed by atoms with Crippen LogP contribution in [0.2, 0.25) is 0 Å². The summed E-state index contributed by atoms with van der Waals surface area (Å²) in [6.45, 7) is 6.94. The summed E-state index contributed by atoms with van der Waals surface area (Å²) in [5.41, 5.74) is 1.13. The van der Waals surface area contributed by atoms with E-state index in [0.717, 1.165) is 36.9 Å². The first-order valence-electron chi connectivity index (χ1n) is 6.21. The number of aromatic nitrogens is 1. The Labute approximate surface area is 107 Å². The number of morpholine rings is 1. The molecule has 4 nitrogen and oxygen atoms in total. The number of ether oxygens (including phenoxy) is 1. The number of nitrogens with one attached hydrogen (secondary N) is 1. The van der Waals surface area contributed by atoms with E-state index in [1.165, 1.54) is 0 Å². The molecule has 1 aromatic heterocycles. The minimum atomic E-state index is 0.300. The van der Waals surface area contributed by atoms with E-state index in [9.17, 15) is 0 Å². The second-order valence-electron chi connectivity index (χ2n) is 4.51. The maximum absolute atomic E-state index is 5.71. The molecule has 5 heteroatoms. The average Bonchev–Trinajstić information content (AvgIpc) is 2.78. The van der Waals surface area contributed by atoms with E-state index in [0.29, 0.717) is 12.1 Å². The molecule has 1 fully saturated rings. The minimum absolute atomic E-state index is 0.300. The quantitative estimate of drug-likeness (QED) is 0.891. The van der Waals surface area contributed by atoms with Crippen LogP contribution in [0.5, 0.6) is 0 Å². The summed E-state index contributed by atoms with van der Waals surface area (Å²) < 4.78 is 5.71. The smallest absolute Gasteiger partial charge is 0.185 e. The maximum atomic E-state index is 5.71. The Hall–Kier alpha value is -0.650. The Kier molecular flexibility index (Phi) is 4.36. The highest BCUT2D eigenvalue weighted by Gasteiger charge is 2.27. The third-order valence-corrected chi connectivity index (χ3v) is 4.01. The van der Waals surface area contributed by atoms with E-state index < -0.39 is 0 Å². The number of hydrogen-bond donors (Lipinski definition) is 1. The van der Waals surface area contributed by atoms with Crippen LogP contribution in [0.4, 0.5) is 5.13 Å². The van der Waals surface area contributed by atoms with Crippen LogP contribution >= 0.6 is 11.3 Å². The number of hydrogen-bond acceptors (Lipinski definition) is 5. The van der Waals surface area contributed by atoms with Crippen LogP contribution in [0.3, 0.4) is 0 Å². The lowest BCUT2D eigenvalue weighted by molar-refractivity contribution is 0.0299. The lowest BCUT2D eigenvalue weighted by atomic mass is 10.1. The summed E-state index contributed by atoms with van der Waals surface area (Å²) in [5, 5.41) is 6.41. The summed E-state index contributed by atoms with van der Waals surface area (Å²) in [5.74, 6) is 0. The van der Waals surface area contributed by atoms with Crippen molar-refractivity contribution in [3.8, 4) is 0 Å². The van der Waals surface area contributed by atoms with Gasteiger partial charge in [-0.15, -0.1) is 11.3 Å². The predicted octanol–water partition coefficient (Wildman–Crippen LogP) is 1.87. The van der Waals surface area contributed by atoms with Gasteiger partial charge >= 0.3 is 0 Å². The second-order valence-corrected chi connectivity index (χ2v) is 5.35. The van der Waals surface area contributed by atoms with Crippen molar-refractivity contribution in [2.45, 2.75) is 39.0 Å². The molecule has 0 bridgehead atoms. The van der Waals surface area contributed by atoms with Gasteiger partial charge < -0.3 is 15.0 Å². The highest BCUT2D eigenvalue weighted by molar-refractivity contribution is 7.13. The molecule has 1 N–H and O–H groups in total. The summed E-state index contributed by atoms with van der Waals surface area (Å²) in [6, 6.07) is 0.472. The van der Waals surface area contributed by atoms with Gasteiger partial charge in [-0.3, -0.25) is 0 Å². The lowest BCUT2D eigenvalue weighted by Crippen LogP contribution is -2.48. The zero-order valence-corrected chi connectivity index (χ0v) is 11.6. The van der Waals surface area contributed by atoms with Crippen molar-refractivity contribution in [2.24, 2.45) is 0 Å². The summed E-state index contributed by atoms with van der Waals surface area (Å²) in [6.07, 6.45) is 1.41. The summed E-state index contributed by atoms with van der Waals surface area (Å²) in [4.78, 5) is 7.08. The molecule has 1 aliphatic heterocycles. The van der Waals surface area contributed by atoms with E-state index in [4.69, 9.17) is 4.74 Å². The second kappa shape index (κ2) is 5.80. The first kappa shape index (κ1) is 12.8. The molecule has 0 spiro atoms. The van der Waals surface area contributed by atoms with Gasteiger partial charge in [0.1, 0.15) is 0 Å². The molecule has 2 unspecified atom stereocenters. The number of thiazole rings is 1. The van der Waals surface area contributed by atoms with Crippen molar-refractivity contribution in [2.75, 3.05) is 25.1 Å². The first-order chi connectivity index (χ1) is 8.24. The molecule has 0 aromatic carbocycles. The first-order valence-corrected chi connectivity index (χ1v) is 7.09. The monoisotopic (exact) mass is 255 g/mol. The summed E-state index contributed by atoms with van der Waals surface area (Å²) >= 11 is 1.74. The Bertz CT molecular complexity index is 355. The minimum Gasteiger partial charge on any atom is -0.375 e. The third kappa shape index (κ3) is 2.97. The van der Waals surface area contributed by atoms with Gasteiger partial charge in [0.05, 0.1) is 24.4 Å². The predicted molar refractivity (Wildman–Crippen MR) is 71.7 cm³/mol. The zero-order chi connectivity index (χ0) is 12.3. The van der Waals surface area contributed by atoms with E-state index in [1.54, 1.807) is 11.3 Å². The Balaban J connectivity index is 2.11. The molecule has 2 heterocycles. The highest BCUT2D eigenvalue weighted by Crippen LogP contribution is 2.26. The molecular weight excluding hydrogens is 234 g/mol. The van der Waals surface area contributed by atoms with Crippen LogP contribution < -0.4 is 10.2 Å². The average molecular weight is 255 g/mol. The lowest BCUT2D eigenvalue weighted by Gasteiger charge is -2.38. The van der Waals surface area contributed by atoms with Crippen molar-refractivity contribution in [3.63, 3.8) is 0 Å². The van der Waals surface area contributed by atoms with Gasteiger partial charge in [-0.25, -0.2) is 4.98 Å². The third-order valence-electron chi connectivity index (χ3n) is 3.08. The van der Waals surface area contributed by atoms with E-state index >= 15 is 0 Å². The van der Waals surface area contributed by atoms with Crippen molar-refractivity contribution in [1.82, 2.24) is 10.3 Å². The molecular formula is C12H21N3OS. The van der Waals surface area contributed by atoms with E-state index in [1.807, 2.05) is 7.05 Å². The van der Waals surface area contributed by atoms with Gasteiger partial charge in [0.25, 0.3) is 0 Å². The van der Waals surface area contributed by atoms with Gasteiger partial charge in [0.15, 0.2) is 5.13 Å². The van der Waals surface area contributed by atoms with Crippen molar-refractivity contribution < 1.29 is 4.74 Å². The Morgan fingerprint density at radius 2 is 2.47 bits per heavy atom. The van der Waals surface area contributed by atoms with Crippen LogP contribution in [0.25, 0.3) is 0 Å². The van der Waals surface area contributed by atoms with Crippen molar-refractivity contribution >= 4 is 16.5 Å². The molecule has 17 heavy (non-hydrogen) atoms. The molecule has 2 rings (SSSR count). The van der Waals surface area contributed by atoms with Gasteiger partial charge in [-0.2, -0.15) is 0 Å². The van der Waals surface area contributed by atoms with E-state index in [-0.39, 0.29) is 0 Å². The fourth-order valence-corrected chi connectivity index (χ4v) is 3.01. The molecule has 0 saturated carbocycles. The van der Waals surface area contributed by atoms with Crippen LogP contribution in [-0.4, -0.2) is 37.3 Å². The molecule has 1 saturated heterocycles. The van der Waals surface area contributed by atoms with Crippen LogP contribution in [0.1, 0.15) is 26.0 Å². The van der Waals surface area contributed by atoms with E-state index in [2.05, 4.69) is 34.4 Å². The molecule has 1 aromatic rings. The zero-order valence-electron chi connectivity index (χ0n) is 10.8. The van der Waals surface area contributed by atoms with Crippen LogP contribution in [0, 0.1) is 0 Å². The van der Waals surface area contributed by atoms with Crippen molar-refractivity contribution in [1.29, 1.82) is 0 Å². The molecule has 0 amide bonds. The fraction of sp³-hybridized carbons (Fsp3) is 0.750. The normalized spacial score (nSPS) is 25.2. The number of nitrogens with zero attached hydrogens (tertiary/aromatic N) is 2. The SMILES string of the molecule is CCC1COC(C)CN1c1nc(CNC)cs1. The molecule has 2 atom stereocenters. The number of anilines is 1. The molecule has 96 valence electrons. The maximum Gasteiger partial charge on any atom is 0.185 e. The molecule has 1 aliphatic rings. The Morgan fingerprint density at radius 3 is 3.18 bits per heavy atom. The van der Waals surface area contributed by atoms with Crippen LogP contribution in [-0.2, 0) is 11.3 Å². The van der Waals surface area contributed by atoms with Crippen LogP contribution in [0.15, 0.2) is 5.38 Å². The van der Waals surface area contributed by atoms with Gasteiger partial charge in [-0.1, -0.05) is 6.92 Å². The molecule has 0 radical (unpaired) electrons. The topological polar surface area (TPSA) is 37.4 Å². The van der Waals surface area contributed by atoms with Gasteiger partial charge in [-0.05, 0) is 20.4 Å². The van der Waals surface area contributed by atoms with Crippen molar-refractivity contribution in [3.05, 3.63) is 11.1 Å².